The van der Waals surface area contributed by atoms with Crippen molar-refractivity contribution in [2.45, 2.75) is 20.0 Å². The number of halogens is 3. The summed E-state index contributed by atoms with van der Waals surface area (Å²) in [5.41, 5.74) is 1.08. The lowest BCUT2D eigenvalue weighted by Crippen LogP contribution is -2.46. The molecule has 1 saturated heterocycles. The van der Waals surface area contributed by atoms with Crippen LogP contribution < -0.4 is 15.8 Å². The number of aryl methyl sites for hydroxylation is 2. The molecule has 9 nitrogen and oxygen atoms in total. The Hall–Kier alpha value is -4.32. The van der Waals surface area contributed by atoms with Crippen LogP contribution in [0.25, 0.3) is 22.4 Å². The van der Waals surface area contributed by atoms with Crippen molar-refractivity contribution in [3.63, 3.8) is 0 Å². The number of carbonyl (C=O) groups excluding carboxylic acids is 1. The maximum absolute atomic E-state index is 13.4. The fraction of sp³-hybridized carbons (Fsp3) is 0.321. The number of amides is 1. The zero-order valence-electron chi connectivity index (χ0n) is 22.3. The van der Waals surface area contributed by atoms with Crippen LogP contribution in [0.1, 0.15) is 28.4 Å². The molecule has 4 aromatic rings. The van der Waals surface area contributed by atoms with Crippen molar-refractivity contribution < 1.29 is 18.0 Å². The minimum atomic E-state index is -4.57. The molecule has 0 saturated carbocycles. The van der Waals surface area contributed by atoms with Crippen LogP contribution in [0.5, 0.6) is 0 Å². The number of anilines is 2. The summed E-state index contributed by atoms with van der Waals surface area (Å²) < 4.78 is 40.7. The van der Waals surface area contributed by atoms with E-state index < -0.39 is 17.6 Å². The van der Waals surface area contributed by atoms with E-state index in [-0.39, 0.29) is 16.8 Å². The Balaban J connectivity index is 1.45. The molecule has 1 aliphatic heterocycles. The molecule has 208 valence electrons. The fourth-order valence-electron chi connectivity index (χ4n) is 4.69. The van der Waals surface area contributed by atoms with Crippen molar-refractivity contribution in [1.29, 1.82) is 0 Å². The molecule has 0 bridgehead atoms. The number of fused-ring (bicyclic) bond motifs is 1. The van der Waals surface area contributed by atoms with Gasteiger partial charge in [0.05, 0.1) is 11.8 Å². The van der Waals surface area contributed by atoms with E-state index in [0.717, 1.165) is 50.4 Å². The lowest BCUT2D eigenvalue weighted by Gasteiger charge is -2.34. The third-order valence-corrected chi connectivity index (χ3v) is 7.10. The number of rotatable bonds is 5. The summed E-state index contributed by atoms with van der Waals surface area (Å²) >= 11 is 0. The lowest BCUT2D eigenvalue weighted by molar-refractivity contribution is -0.137. The number of benzene rings is 2. The Morgan fingerprint density at radius 3 is 2.50 bits per heavy atom. The molecule has 3 heterocycles. The summed E-state index contributed by atoms with van der Waals surface area (Å²) in [6, 6.07) is 9.09. The zero-order chi connectivity index (χ0) is 28.6. The first-order chi connectivity index (χ1) is 19.0. The summed E-state index contributed by atoms with van der Waals surface area (Å²) in [7, 11) is 1.62. The maximum atomic E-state index is 13.4. The largest absolute Gasteiger partial charge is 0.416 e. The van der Waals surface area contributed by atoms with Gasteiger partial charge in [-0.1, -0.05) is 19.1 Å². The van der Waals surface area contributed by atoms with Crippen molar-refractivity contribution in [3.05, 3.63) is 75.7 Å². The Morgan fingerprint density at radius 1 is 1.05 bits per heavy atom. The van der Waals surface area contributed by atoms with E-state index in [9.17, 15) is 22.8 Å². The molecule has 2 aromatic carbocycles. The fourth-order valence-corrected chi connectivity index (χ4v) is 4.69. The number of piperazine rings is 1. The Bertz CT molecular complexity index is 1640. The molecule has 0 spiro atoms. The van der Waals surface area contributed by atoms with Gasteiger partial charge in [-0.3, -0.25) is 14.2 Å². The second-order valence-electron chi connectivity index (χ2n) is 9.69. The number of hydrogen-bond donors (Lipinski definition) is 1. The van der Waals surface area contributed by atoms with Crippen LogP contribution >= 0.6 is 0 Å². The van der Waals surface area contributed by atoms with Gasteiger partial charge in [0.25, 0.3) is 11.5 Å². The minimum absolute atomic E-state index is 0.138. The highest BCUT2D eigenvalue weighted by Gasteiger charge is 2.31. The molecule has 1 fully saturated rings. The molecule has 40 heavy (non-hydrogen) atoms. The predicted octanol–water partition coefficient (Wildman–Crippen LogP) is 4.11. The third kappa shape index (κ3) is 5.39. The Morgan fingerprint density at radius 2 is 1.80 bits per heavy atom. The predicted molar refractivity (Wildman–Crippen MR) is 146 cm³/mol. The van der Waals surface area contributed by atoms with Crippen molar-refractivity contribution in [2.24, 2.45) is 7.05 Å². The summed E-state index contributed by atoms with van der Waals surface area (Å²) in [5.74, 6) is -0.163. The highest BCUT2D eigenvalue weighted by molar-refractivity contribution is 6.04. The van der Waals surface area contributed by atoms with Gasteiger partial charge in [0.2, 0.25) is 5.95 Å². The van der Waals surface area contributed by atoms with Gasteiger partial charge >= 0.3 is 6.18 Å². The van der Waals surface area contributed by atoms with E-state index in [2.05, 4.69) is 37.0 Å². The van der Waals surface area contributed by atoms with E-state index in [1.807, 2.05) is 0 Å². The first kappa shape index (κ1) is 27.3. The lowest BCUT2D eigenvalue weighted by atomic mass is 10.0. The van der Waals surface area contributed by atoms with Crippen LogP contribution in [0.4, 0.5) is 24.8 Å². The second kappa shape index (κ2) is 10.7. The topological polar surface area (TPSA) is 96.3 Å². The van der Waals surface area contributed by atoms with Crippen molar-refractivity contribution in [3.8, 4) is 11.3 Å². The first-order valence-corrected chi connectivity index (χ1v) is 12.9. The van der Waals surface area contributed by atoms with E-state index in [0.29, 0.717) is 28.4 Å². The van der Waals surface area contributed by atoms with Crippen molar-refractivity contribution >= 4 is 28.7 Å². The van der Waals surface area contributed by atoms with Gasteiger partial charge in [0.1, 0.15) is 11.2 Å². The van der Waals surface area contributed by atoms with Gasteiger partial charge < -0.3 is 15.1 Å². The zero-order valence-corrected chi connectivity index (χ0v) is 22.3. The molecule has 0 unspecified atom stereocenters. The molecular formula is C28H28F3N7O2. The van der Waals surface area contributed by atoms with Gasteiger partial charge in [-0.25, -0.2) is 9.97 Å². The molecule has 0 radical (unpaired) electrons. The second-order valence-corrected chi connectivity index (χ2v) is 9.69. The molecular weight excluding hydrogens is 523 g/mol. The van der Waals surface area contributed by atoms with E-state index in [1.54, 1.807) is 38.4 Å². The average Bonchev–Trinajstić information content (AvgIpc) is 2.95. The number of likely N-dealkylation sites (N-methyl/N-ethyl adjacent to an activating group) is 1. The SMILES string of the molecule is CCN1CCN(c2ncc3nc(-c4cc(NC(=O)c5cccc(C(F)(F)F)c5)ccc4C)c(=O)n(C)c3n2)CC1. The number of nitrogens with one attached hydrogen (secondary N) is 1. The molecule has 2 aromatic heterocycles. The van der Waals surface area contributed by atoms with Crippen LogP contribution in [0.2, 0.25) is 0 Å². The van der Waals surface area contributed by atoms with Crippen molar-refractivity contribution in [1.82, 2.24) is 24.4 Å². The highest BCUT2D eigenvalue weighted by Crippen LogP contribution is 2.30. The van der Waals surface area contributed by atoms with Crippen LogP contribution in [0, 0.1) is 6.92 Å². The van der Waals surface area contributed by atoms with Gasteiger partial charge in [0, 0.05) is 50.0 Å². The van der Waals surface area contributed by atoms with Crippen LogP contribution in [-0.4, -0.2) is 63.0 Å². The minimum Gasteiger partial charge on any atom is -0.338 e. The maximum Gasteiger partial charge on any atom is 0.416 e. The Labute approximate surface area is 228 Å². The average molecular weight is 552 g/mol. The summed E-state index contributed by atoms with van der Waals surface area (Å²) in [6.07, 6.45) is -2.97. The first-order valence-electron chi connectivity index (χ1n) is 12.9. The molecule has 1 amide bonds. The van der Waals surface area contributed by atoms with Crippen LogP contribution in [-0.2, 0) is 13.2 Å². The molecule has 5 rings (SSSR count). The number of aromatic nitrogens is 4. The van der Waals surface area contributed by atoms with Crippen molar-refractivity contribution in [2.75, 3.05) is 42.9 Å². The summed E-state index contributed by atoms with van der Waals surface area (Å²) in [6.45, 7) is 8.32. The third-order valence-electron chi connectivity index (χ3n) is 7.10. The molecule has 1 aliphatic rings. The quantitative estimate of drug-likeness (QED) is 0.399. The Kier molecular flexibility index (Phi) is 7.28. The summed E-state index contributed by atoms with van der Waals surface area (Å²) in [5, 5.41) is 2.62. The molecule has 0 aliphatic carbocycles. The summed E-state index contributed by atoms with van der Waals surface area (Å²) in [4.78, 5) is 44.3. The van der Waals surface area contributed by atoms with E-state index >= 15 is 0 Å². The number of alkyl halides is 3. The number of hydrogen-bond acceptors (Lipinski definition) is 7. The monoisotopic (exact) mass is 551 g/mol. The highest BCUT2D eigenvalue weighted by atomic mass is 19.4. The van der Waals surface area contributed by atoms with Gasteiger partial charge in [-0.15, -0.1) is 0 Å². The normalized spacial score (nSPS) is 14.5. The van der Waals surface area contributed by atoms with E-state index in [4.69, 9.17) is 0 Å². The van der Waals surface area contributed by atoms with E-state index in [1.165, 1.54) is 16.7 Å². The smallest absolute Gasteiger partial charge is 0.338 e. The van der Waals surface area contributed by atoms with Crippen LogP contribution in [0.15, 0.2) is 53.5 Å². The molecule has 12 heteroatoms. The van der Waals surface area contributed by atoms with Gasteiger partial charge in [-0.2, -0.15) is 18.2 Å². The number of carbonyl (C=O) groups is 1. The number of nitrogens with zero attached hydrogens (tertiary/aromatic N) is 6. The van der Waals surface area contributed by atoms with Crippen LogP contribution in [0.3, 0.4) is 0 Å². The van der Waals surface area contributed by atoms with Gasteiger partial charge in [-0.05, 0) is 49.4 Å². The molecule has 0 atom stereocenters. The standard InChI is InChI=1S/C28H28F3N7O2/c1-4-37-10-12-38(13-11-37)27-32-16-22-24(35-27)36(3)26(40)23(34-22)21-15-20(9-8-17(21)2)33-25(39)18-6-5-7-19(14-18)28(29,30)31/h5-9,14-16H,4,10-13H2,1-3H3,(H,33,39). The molecule has 1 N–H and O–H groups in total. The van der Waals surface area contributed by atoms with Gasteiger partial charge in [0.15, 0.2) is 5.65 Å².